The lowest BCUT2D eigenvalue weighted by atomic mass is 9.82. The average molecular weight is 593 g/mol. The molecule has 0 saturated heterocycles. The van der Waals surface area contributed by atoms with Crippen LogP contribution >= 0.6 is 0 Å². The molecule has 0 heterocycles. The fourth-order valence-electron chi connectivity index (χ4n) is 4.83. The van der Waals surface area contributed by atoms with Gasteiger partial charge in [-0.05, 0) is 67.4 Å². The predicted molar refractivity (Wildman–Crippen MR) is 149 cm³/mol. The van der Waals surface area contributed by atoms with Crippen LogP contribution in [0.2, 0.25) is 0 Å². The van der Waals surface area contributed by atoms with Gasteiger partial charge in [0.1, 0.15) is 6.61 Å². The SMILES string of the molecule is CCCCOc1ccc(OCc2ccc(C3=CCC(c4ccc(OCCCC)c(F)c4F)CC3)c(F)c2F)c(F)c1F. The molecule has 226 valence electrons. The van der Waals surface area contributed by atoms with Crippen molar-refractivity contribution < 1.29 is 40.6 Å². The highest BCUT2D eigenvalue weighted by Crippen LogP contribution is 2.40. The number of halogens is 6. The van der Waals surface area contributed by atoms with E-state index in [4.69, 9.17) is 14.2 Å². The maximum absolute atomic E-state index is 15.1. The Morgan fingerprint density at radius 3 is 1.79 bits per heavy atom. The van der Waals surface area contributed by atoms with Gasteiger partial charge in [0, 0.05) is 11.1 Å². The third-order valence-corrected chi connectivity index (χ3v) is 7.34. The van der Waals surface area contributed by atoms with Crippen molar-refractivity contribution in [3.05, 3.63) is 94.1 Å². The van der Waals surface area contributed by atoms with Gasteiger partial charge >= 0.3 is 0 Å². The van der Waals surface area contributed by atoms with Crippen LogP contribution in [0.1, 0.15) is 81.4 Å². The molecule has 0 bridgehead atoms. The minimum absolute atomic E-state index is 0.0480. The molecule has 0 N–H and O–H groups in total. The van der Waals surface area contributed by atoms with E-state index in [9.17, 15) is 22.0 Å². The van der Waals surface area contributed by atoms with Gasteiger partial charge in [-0.3, -0.25) is 0 Å². The van der Waals surface area contributed by atoms with E-state index >= 15 is 4.39 Å². The van der Waals surface area contributed by atoms with Gasteiger partial charge in [0.25, 0.3) is 0 Å². The molecule has 0 aromatic heterocycles. The van der Waals surface area contributed by atoms with E-state index in [-0.39, 0.29) is 40.7 Å². The van der Waals surface area contributed by atoms with Gasteiger partial charge in [0.05, 0.1) is 13.2 Å². The molecule has 4 rings (SSSR count). The fraction of sp³-hybridized carbons (Fsp3) is 0.394. The largest absolute Gasteiger partial charge is 0.490 e. The first kappa shape index (κ1) is 31.3. The van der Waals surface area contributed by atoms with Gasteiger partial charge in [0.15, 0.2) is 34.7 Å². The zero-order valence-electron chi connectivity index (χ0n) is 23.7. The quantitative estimate of drug-likeness (QED) is 0.146. The molecule has 1 aliphatic carbocycles. The predicted octanol–water partition coefficient (Wildman–Crippen LogP) is 9.81. The van der Waals surface area contributed by atoms with Crippen molar-refractivity contribution in [3.8, 4) is 17.2 Å². The molecule has 1 unspecified atom stereocenters. The maximum Gasteiger partial charge on any atom is 0.204 e. The van der Waals surface area contributed by atoms with E-state index in [0.29, 0.717) is 37.9 Å². The molecule has 0 saturated carbocycles. The average Bonchev–Trinajstić information content (AvgIpc) is 2.99. The molecule has 0 fully saturated rings. The van der Waals surface area contributed by atoms with Crippen molar-refractivity contribution in [2.24, 2.45) is 0 Å². The summed E-state index contributed by atoms with van der Waals surface area (Å²) in [5.41, 5.74) is 0.635. The summed E-state index contributed by atoms with van der Waals surface area (Å²) >= 11 is 0. The molecule has 3 aromatic rings. The fourth-order valence-corrected chi connectivity index (χ4v) is 4.83. The first-order chi connectivity index (χ1) is 20.3. The molecule has 3 nitrogen and oxygen atoms in total. The number of hydrogen-bond acceptors (Lipinski definition) is 3. The van der Waals surface area contributed by atoms with E-state index < -0.39 is 47.3 Å². The van der Waals surface area contributed by atoms with E-state index in [0.717, 1.165) is 19.3 Å². The molecular formula is C33H34F6O3. The summed E-state index contributed by atoms with van der Waals surface area (Å²) in [6, 6.07) is 8.06. The lowest BCUT2D eigenvalue weighted by molar-refractivity contribution is 0.263. The Hall–Kier alpha value is -3.62. The molecular weight excluding hydrogens is 558 g/mol. The van der Waals surface area contributed by atoms with Crippen LogP contribution < -0.4 is 14.2 Å². The van der Waals surface area contributed by atoms with Crippen molar-refractivity contribution >= 4 is 5.57 Å². The lowest BCUT2D eigenvalue weighted by Gasteiger charge is -2.24. The second-order valence-corrected chi connectivity index (χ2v) is 10.3. The van der Waals surface area contributed by atoms with Crippen molar-refractivity contribution in [2.75, 3.05) is 13.2 Å². The molecule has 0 spiro atoms. The Balaban J connectivity index is 1.42. The Morgan fingerprint density at radius 2 is 1.21 bits per heavy atom. The van der Waals surface area contributed by atoms with Crippen LogP contribution in [0, 0.1) is 34.9 Å². The third kappa shape index (κ3) is 7.05. The van der Waals surface area contributed by atoms with Gasteiger partial charge < -0.3 is 14.2 Å². The second kappa shape index (κ2) is 14.5. The summed E-state index contributed by atoms with van der Waals surface area (Å²) < 4.78 is 104. The smallest absolute Gasteiger partial charge is 0.204 e. The van der Waals surface area contributed by atoms with Crippen LogP contribution in [0.3, 0.4) is 0 Å². The number of allylic oxidation sites excluding steroid dienone is 2. The van der Waals surface area contributed by atoms with Crippen LogP contribution in [-0.4, -0.2) is 13.2 Å². The summed E-state index contributed by atoms with van der Waals surface area (Å²) in [7, 11) is 0. The third-order valence-electron chi connectivity index (χ3n) is 7.34. The van der Waals surface area contributed by atoms with Crippen molar-refractivity contribution in [3.63, 3.8) is 0 Å². The van der Waals surface area contributed by atoms with E-state index in [1.54, 1.807) is 6.08 Å². The summed E-state index contributed by atoms with van der Waals surface area (Å²) in [4.78, 5) is 0. The van der Waals surface area contributed by atoms with E-state index in [1.165, 1.54) is 36.4 Å². The first-order valence-corrected chi connectivity index (χ1v) is 14.3. The first-order valence-electron chi connectivity index (χ1n) is 14.3. The van der Waals surface area contributed by atoms with Gasteiger partial charge in [-0.2, -0.15) is 13.2 Å². The standard InChI is InChI=1S/C33H34F6O3/c1-3-5-17-40-25-14-13-24(30(36)31(25)37)21-9-7-20(8-10-21)23-12-11-22(28(34)29(23)35)19-42-27-16-15-26(32(38)33(27)39)41-18-6-4-2/h7,11-16,21H,3-6,8-10,17-19H2,1-2H3. The highest BCUT2D eigenvalue weighted by molar-refractivity contribution is 5.67. The maximum atomic E-state index is 15.1. The Labute approximate surface area is 242 Å². The Morgan fingerprint density at radius 1 is 0.643 bits per heavy atom. The second-order valence-electron chi connectivity index (χ2n) is 10.3. The van der Waals surface area contributed by atoms with Crippen LogP contribution in [0.15, 0.2) is 42.5 Å². The van der Waals surface area contributed by atoms with E-state index in [2.05, 4.69) is 0 Å². The summed E-state index contributed by atoms with van der Waals surface area (Å²) in [5, 5.41) is 0. The number of unbranched alkanes of at least 4 members (excludes halogenated alkanes) is 2. The number of benzene rings is 3. The highest BCUT2D eigenvalue weighted by Gasteiger charge is 2.26. The zero-order valence-corrected chi connectivity index (χ0v) is 23.7. The van der Waals surface area contributed by atoms with Gasteiger partial charge in [0.2, 0.25) is 17.5 Å². The van der Waals surface area contributed by atoms with Crippen molar-refractivity contribution in [2.45, 2.75) is 71.3 Å². The summed E-state index contributed by atoms with van der Waals surface area (Å²) in [6.07, 6.45) is 5.85. The van der Waals surface area contributed by atoms with Gasteiger partial charge in [-0.15, -0.1) is 0 Å². The minimum atomic E-state index is -1.28. The van der Waals surface area contributed by atoms with Crippen LogP contribution in [0.5, 0.6) is 17.2 Å². The number of rotatable bonds is 13. The van der Waals surface area contributed by atoms with Crippen LogP contribution in [-0.2, 0) is 6.61 Å². The zero-order chi connectivity index (χ0) is 30.2. The summed E-state index contributed by atoms with van der Waals surface area (Å²) in [6.45, 7) is 3.91. The molecule has 1 aliphatic rings. The lowest BCUT2D eigenvalue weighted by Crippen LogP contribution is -2.10. The van der Waals surface area contributed by atoms with Gasteiger partial charge in [-0.25, -0.2) is 13.2 Å². The van der Waals surface area contributed by atoms with Crippen molar-refractivity contribution in [1.29, 1.82) is 0 Å². The highest BCUT2D eigenvalue weighted by atomic mass is 19.2. The normalized spacial score (nSPS) is 15.0. The number of ether oxygens (including phenoxy) is 3. The molecule has 0 amide bonds. The number of hydrogen-bond donors (Lipinski definition) is 0. The van der Waals surface area contributed by atoms with Crippen LogP contribution in [0.25, 0.3) is 5.57 Å². The molecule has 0 aliphatic heterocycles. The Kier molecular flexibility index (Phi) is 10.8. The van der Waals surface area contributed by atoms with Crippen LogP contribution in [0.4, 0.5) is 26.3 Å². The van der Waals surface area contributed by atoms with Crippen molar-refractivity contribution in [1.82, 2.24) is 0 Å². The van der Waals surface area contributed by atoms with E-state index in [1.807, 2.05) is 13.8 Å². The minimum Gasteiger partial charge on any atom is -0.490 e. The molecule has 0 radical (unpaired) electrons. The topological polar surface area (TPSA) is 27.7 Å². The monoisotopic (exact) mass is 592 g/mol. The van der Waals surface area contributed by atoms with Gasteiger partial charge in [-0.1, -0.05) is 51.0 Å². The summed E-state index contributed by atoms with van der Waals surface area (Å²) in [5.74, 6) is -7.90. The molecule has 42 heavy (non-hydrogen) atoms. The molecule has 9 heteroatoms. The molecule has 1 atom stereocenters. The molecule has 3 aromatic carbocycles. The Bertz CT molecular complexity index is 1420.